The Kier molecular flexibility index (Phi) is 3.98. The van der Waals surface area contributed by atoms with E-state index in [2.05, 4.69) is 15.3 Å². The SMILES string of the molecule is COc1cc(OC)cc(-c2nn3c(CSC)nnc3s2)c1. The van der Waals surface area contributed by atoms with Crippen LogP contribution in [-0.2, 0) is 5.75 Å². The van der Waals surface area contributed by atoms with Crippen LogP contribution < -0.4 is 9.47 Å². The first-order valence-electron chi connectivity index (χ1n) is 6.18. The van der Waals surface area contributed by atoms with E-state index in [1.54, 1.807) is 30.5 Å². The third-order valence-corrected chi connectivity index (χ3v) is 4.42. The molecule has 0 radical (unpaired) electrons. The fourth-order valence-electron chi connectivity index (χ4n) is 1.92. The van der Waals surface area contributed by atoms with Gasteiger partial charge in [0.25, 0.3) is 0 Å². The van der Waals surface area contributed by atoms with Crippen LogP contribution in [0.5, 0.6) is 11.5 Å². The Bertz CT molecular complexity index is 746. The Morgan fingerprint density at radius 1 is 1.14 bits per heavy atom. The van der Waals surface area contributed by atoms with Crippen molar-refractivity contribution in [1.29, 1.82) is 0 Å². The predicted molar refractivity (Wildman–Crippen MR) is 84.4 cm³/mol. The zero-order valence-corrected chi connectivity index (χ0v) is 13.5. The zero-order chi connectivity index (χ0) is 14.8. The summed E-state index contributed by atoms with van der Waals surface area (Å²) < 4.78 is 12.4. The van der Waals surface area contributed by atoms with Crippen molar-refractivity contribution >= 4 is 28.1 Å². The van der Waals surface area contributed by atoms with Gasteiger partial charge >= 0.3 is 0 Å². The first-order chi connectivity index (χ1) is 10.2. The second-order valence-corrected chi connectivity index (χ2v) is 6.07. The molecule has 1 aromatic carbocycles. The van der Waals surface area contributed by atoms with Crippen LogP contribution in [0, 0.1) is 0 Å². The van der Waals surface area contributed by atoms with Crippen LogP contribution in [0.15, 0.2) is 18.2 Å². The Morgan fingerprint density at radius 2 is 1.86 bits per heavy atom. The summed E-state index contributed by atoms with van der Waals surface area (Å²) in [7, 11) is 3.27. The normalized spacial score (nSPS) is 11.0. The lowest BCUT2D eigenvalue weighted by molar-refractivity contribution is 0.394. The number of hydrogen-bond acceptors (Lipinski definition) is 7. The van der Waals surface area contributed by atoms with E-state index >= 15 is 0 Å². The monoisotopic (exact) mass is 322 g/mol. The topological polar surface area (TPSA) is 61.5 Å². The van der Waals surface area contributed by atoms with Gasteiger partial charge in [-0.2, -0.15) is 21.4 Å². The van der Waals surface area contributed by atoms with Gasteiger partial charge < -0.3 is 9.47 Å². The van der Waals surface area contributed by atoms with Gasteiger partial charge in [0.2, 0.25) is 4.96 Å². The third-order valence-electron chi connectivity index (χ3n) is 2.93. The van der Waals surface area contributed by atoms with Crippen LogP contribution in [0.1, 0.15) is 5.82 Å². The van der Waals surface area contributed by atoms with Gasteiger partial charge in [-0.25, -0.2) is 0 Å². The molecule has 8 heteroatoms. The van der Waals surface area contributed by atoms with Crippen LogP contribution in [0.2, 0.25) is 0 Å². The molecular formula is C13H14N4O2S2. The van der Waals surface area contributed by atoms with Gasteiger partial charge in [-0.3, -0.25) is 0 Å². The number of ether oxygens (including phenoxy) is 2. The Hall–Kier alpha value is -1.80. The Morgan fingerprint density at radius 3 is 2.48 bits per heavy atom. The summed E-state index contributed by atoms with van der Waals surface area (Å²) in [5, 5.41) is 13.8. The highest BCUT2D eigenvalue weighted by Gasteiger charge is 2.14. The van der Waals surface area contributed by atoms with Crippen molar-refractivity contribution in [3.8, 4) is 22.1 Å². The maximum absolute atomic E-state index is 5.30. The predicted octanol–water partition coefficient (Wildman–Crippen LogP) is 2.73. The highest BCUT2D eigenvalue weighted by atomic mass is 32.2. The average Bonchev–Trinajstić information content (AvgIpc) is 3.09. The van der Waals surface area contributed by atoms with Gasteiger partial charge in [0, 0.05) is 11.6 Å². The fraction of sp³-hybridized carbons (Fsp3) is 0.308. The van der Waals surface area contributed by atoms with Crippen molar-refractivity contribution in [3.05, 3.63) is 24.0 Å². The molecule has 0 aliphatic heterocycles. The van der Waals surface area contributed by atoms with Crippen LogP contribution in [0.4, 0.5) is 0 Å². The van der Waals surface area contributed by atoms with E-state index in [1.807, 2.05) is 24.5 Å². The fourth-order valence-corrected chi connectivity index (χ4v) is 3.21. The van der Waals surface area contributed by atoms with Gasteiger partial charge in [-0.05, 0) is 18.4 Å². The molecule has 0 amide bonds. The van der Waals surface area contributed by atoms with E-state index in [1.165, 1.54) is 11.3 Å². The summed E-state index contributed by atoms with van der Waals surface area (Å²) in [4.78, 5) is 0.788. The lowest BCUT2D eigenvalue weighted by Crippen LogP contribution is -1.94. The second-order valence-electron chi connectivity index (χ2n) is 4.25. The van der Waals surface area contributed by atoms with Crippen molar-refractivity contribution in [2.75, 3.05) is 20.5 Å². The summed E-state index contributed by atoms with van der Waals surface area (Å²) in [6, 6.07) is 5.70. The van der Waals surface area contributed by atoms with Crippen molar-refractivity contribution in [1.82, 2.24) is 19.8 Å². The van der Waals surface area contributed by atoms with Gasteiger partial charge in [0.15, 0.2) is 5.82 Å². The molecule has 2 heterocycles. The van der Waals surface area contributed by atoms with E-state index < -0.39 is 0 Å². The number of rotatable bonds is 5. The number of benzene rings is 1. The molecule has 0 aliphatic rings. The summed E-state index contributed by atoms with van der Waals surface area (Å²) in [6.45, 7) is 0. The van der Waals surface area contributed by atoms with Crippen LogP contribution >= 0.6 is 23.1 Å². The van der Waals surface area contributed by atoms with E-state index in [0.717, 1.165) is 38.6 Å². The van der Waals surface area contributed by atoms with E-state index in [-0.39, 0.29) is 0 Å². The van der Waals surface area contributed by atoms with Crippen LogP contribution in [0.3, 0.4) is 0 Å². The molecule has 0 unspecified atom stereocenters. The van der Waals surface area contributed by atoms with Gasteiger partial charge in [0.05, 0.1) is 20.0 Å². The van der Waals surface area contributed by atoms with Gasteiger partial charge in [0.1, 0.15) is 16.5 Å². The third kappa shape index (κ3) is 2.68. The van der Waals surface area contributed by atoms with Crippen molar-refractivity contribution in [2.24, 2.45) is 0 Å². The number of fused-ring (bicyclic) bond motifs is 1. The molecule has 0 atom stereocenters. The number of hydrogen-bond donors (Lipinski definition) is 0. The quantitative estimate of drug-likeness (QED) is 0.720. The minimum absolute atomic E-state index is 0.736. The molecule has 0 saturated carbocycles. The van der Waals surface area contributed by atoms with Crippen LogP contribution in [0.25, 0.3) is 15.5 Å². The number of methoxy groups -OCH3 is 2. The molecule has 0 aliphatic carbocycles. The Balaban J connectivity index is 2.07. The summed E-state index contributed by atoms with van der Waals surface area (Å²) in [6.07, 6.45) is 2.03. The summed E-state index contributed by atoms with van der Waals surface area (Å²) >= 11 is 3.19. The largest absolute Gasteiger partial charge is 0.497 e. The van der Waals surface area contributed by atoms with Crippen molar-refractivity contribution < 1.29 is 9.47 Å². The lowest BCUT2D eigenvalue weighted by atomic mass is 10.2. The number of thioether (sulfide) groups is 1. The molecule has 0 spiro atoms. The Labute approximate surface area is 130 Å². The number of aromatic nitrogens is 4. The first kappa shape index (κ1) is 14.2. The molecule has 0 N–H and O–H groups in total. The maximum atomic E-state index is 5.30. The highest BCUT2D eigenvalue weighted by Crippen LogP contribution is 2.32. The van der Waals surface area contributed by atoms with E-state index in [0.29, 0.717) is 0 Å². The summed E-state index contributed by atoms with van der Waals surface area (Å²) in [5.41, 5.74) is 0.941. The molecule has 6 nitrogen and oxygen atoms in total. The molecule has 0 fully saturated rings. The highest BCUT2D eigenvalue weighted by molar-refractivity contribution is 7.97. The molecule has 21 heavy (non-hydrogen) atoms. The molecular weight excluding hydrogens is 308 g/mol. The van der Waals surface area contributed by atoms with E-state index in [4.69, 9.17) is 9.47 Å². The molecule has 110 valence electrons. The van der Waals surface area contributed by atoms with Gasteiger partial charge in [-0.1, -0.05) is 11.3 Å². The zero-order valence-electron chi connectivity index (χ0n) is 11.9. The number of nitrogens with zero attached hydrogens (tertiary/aromatic N) is 4. The van der Waals surface area contributed by atoms with Crippen molar-refractivity contribution in [3.63, 3.8) is 0 Å². The first-order valence-corrected chi connectivity index (χ1v) is 8.39. The molecule has 2 aromatic heterocycles. The average molecular weight is 322 g/mol. The van der Waals surface area contributed by atoms with Gasteiger partial charge in [-0.15, -0.1) is 10.2 Å². The molecule has 0 bridgehead atoms. The van der Waals surface area contributed by atoms with E-state index in [9.17, 15) is 0 Å². The molecule has 3 aromatic rings. The smallest absolute Gasteiger partial charge is 0.235 e. The maximum Gasteiger partial charge on any atom is 0.235 e. The summed E-state index contributed by atoms with van der Waals surface area (Å²) in [5.74, 6) is 3.11. The minimum Gasteiger partial charge on any atom is -0.497 e. The van der Waals surface area contributed by atoms with Crippen LogP contribution in [-0.4, -0.2) is 40.3 Å². The van der Waals surface area contributed by atoms with Crippen molar-refractivity contribution in [2.45, 2.75) is 5.75 Å². The minimum atomic E-state index is 0.736. The second kappa shape index (κ2) is 5.90. The standard InChI is InChI=1S/C13H14N4O2S2/c1-18-9-4-8(5-10(6-9)19-2)12-16-17-11(7-20-3)14-15-13(17)21-12/h4-6H,7H2,1-3H3. The molecule has 3 rings (SSSR count). The lowest BCUT2D eigenvalue weighted by Gasteiger charge is -2.06. The molecule has 0 saturated heterocycles.